The van der Waals surface area contributed by atoms with Gasteiger partial charge < -0.3 is 24.8 Å². The van der Waals surface area contributed by atoms with Crippen molar-refractivity contribution < 1.29 is 14.3 Å². The Bertz CT molecular complexity index is 992. The van der Waals surface area contributed by atoms with Crippen molar-refractivity contribution in [2.45, 2.75) is 52.1 Å². The minimum Gasteiger partial charge on any atom is -0.484 e. The van der Waals surface area contributed by atoms with Crippen molar-refractivity contribution in [2.75, 3.05) is 49.5 Å². The smallest absolute Gasteiger partial charge is 0.260 e. The van der Waals surface area contributed by atoms with Crippen molar-refractivity contribution in [3.63, 3.8) is 0 Å². The summed E-state index contributed by atoms with van der Waals surface area (Å²) in [4.78, 5) is 32.4. The van der Waals surface area contributed by atoms with Crippen LogP contribution in [0.25, 0.3) is 0 Å². The highest BCUT2D eigenvalue weighted by molar-refractivity contribution is 6.06. The molecule has 0 spiro atoms. The molecule has 2 aromatic rings. The van der Waals surface area contributed by atoms with Crippen LogP contribution in [-0.2, 0) is 4.79 Å². The number of piperidine rings is 1. The lowest BCUT2D eigenvalue weighted by Gasteiger charge is -2.38. The van der Waals surface area contributed by atoms with E-state index in [0.717, 1.165) is 63.4 Å². The molecule has 0 aromatic heterocycles. The second kappa shape index (κ2) is 11.6. The third kappa shape index (κ3) is 6.14. The Morgan fingerprint density at radius 2 is 1.60 bits per heavy atom. The van der Waals surface area contributed by atoms with Crippen molar-refractivity contribution in [1.82, 2.24) is 9.80 Å². The van der Waals surface area contributed by atoms with E-state index in [2.05, 4.69) is 42.0 Å². The van der Waals surface area contributed by atoms with E-state index in [-0.39, 0.29) is 30.5 Å². The lowest BCUT2D eigenvalue weighted by molar-refractivity contribution is -0.139. The number of carbonyl (C=O) groups excluding carboxylic acids is 2. The van der Waals surface area contributed by atoms with E-state index in [1.807, 2.05) is 23.1 Å². The fourth-order valence-electron chi connectivity index (χ4n) is 5.19. The van der Waals surface area contributed by atoms with E-state index in [0.29, 0.717) is 11.3 Å². The van der Waals surface area contributed by atoms with Gasteiger partial charge in [0, 0.05) is 43.8 Å². The number of likely N-dealkylation sites (tertiary alicyclic amines) is 1. The van der Waals surface area contributed by atoms with Gasteiger partial charge in [-0.05, 0) is 76.1 Å². The van der Waals surface area contributed by atoms with E-state index in [1.165, 1.54) is 0 Å². The van der Waals surface area contributed by atoms with E-state index in [1.54, 1.807) is 24.3 Å². The minimum atomic E-state index is -0.164. The summed E-state index contributed by atoms with van der Waals surface area (Å²) in [5, 5.41) is 3.08. The number of hydrogen-bond acceptors (Lipinski definition) is 5. The maximum atomic E-state index is 13.0. The van der Waals surface area contributed by atoms with Crippen LogP contribution in [0.3, 0.4) is 0 Å². The molecule has 2 saturated heterocycles. The summed E-state index contributed by atoms with van der Waals surface area (Å²) in [6.07, 6.45) is 3.24. The Hall–Kier alpha value is -3.06. The first-order valence-corrected chi connectivity index (χ1v) is 12.9. The minimum absolute atomic E-state index is 0.0128. The summed E-state index contributed by atoms with van der Waals surface area (Å²) >= 11 is 0. The van der Waals surface area contributed by atoms with Gasteiger partial charge in [-0.25, -0.2) is 0 Å². The molecule has 7 heteroatoms. The summed E-state index contributed by atoms with van der Waals surface area (Å²) in [7, 11) is 0. The largest absolute Gasteiger partial charge is 0.484 e. The molecular weight excluding hydrogens is 440 g/mol. The number of rotatable bonds is 7. The fraction of sp³-hybridized carbons (Fsp3) is 0.500. The number of nitrogens with one attached hydrogen (secondary N) is 1. The predicted molar refractivity (Wildman–Crippen MR) is 140 cm³/mol. The van der Waals surface area contributed by atoms with E-state index in [4.69, 9.17) is 4.74 Å². The fourth-order valence-corrected chi connectivity index (χ4v) is 5.19. The molecule has 0 bridgehead atoms. The molecule has 2 aliphatic heterocycles. The Morgan fingerprint density at radius 3 is 2.26 bits per heavy atom. The molecule has 0 saturated carbocycles. The van der Waals surface area contributed by atoms with E-state index >= 15 is 0 Å². The maximum absolute atomic E-state index is 13.0. The molecule has 0 radical (unpaired) electrons. The molecule has 1 N–H and O–H groups in total. The molecule has 0 aliphatic carbocycles. The molecule has 2 heterocycles. The van der Waals surface area contributed by atoms with Crippen molar-refractivity contribution in [3.8, 4) is 5.75 Å². The molecule has 2 aromatic carbocycles. The highest BCUT2D eigenvalue weighted by Gasteiger charge is 2.29. The van der Waals surface area contributed by atoms with Gasteiger partial charge in [0.15, 0.2) is 6.61 Å². The highest BCUT2D eigenvalue weighted by Crippen LogP contribution is 2.27. The average Bonchev–Trinajstić information content (AvgIpc) is 2.88. The molecule has 2 unspecified atom stereocenters. The van der Waals surface area contributed by atoms with Gasteiger partial charge in [0.1, 0.15) is 5.75 Å². The van der Waals surface area contributed by atoms with Crippen LogP contribution in [0.15, 0.2) is 48.5 Å². The van der Waals surface area contributed by atoms with Gasteiger partial charge in [0.05, 0.1) is 11.4 Å². The zero-order valence-electron chi connectivity index (χ0n) is 21.2. The van der Waals surface area contributed by atoms with Crippen LogP contribution in [0, 0.1) is 0 Å². The number of benzene rings is 2. The van der Waals surface area contributed by atoms with Crippen LogP contribution in [0.2, 0.25) is 0 Å². The van der Waals surface area contributed by atoms with Gasteiger partial charge in [0.25, 0.3) is 11.8 Å². The first-order chi connectivity index (χ1) is 17.0. The van der Waals surface area contributed by atoms with Gasteiger partial charge in [-0.1, -0.05) is 19.1 Å². The molecule has 2 atom stereocenters. The number of ether oxygens (including phenoxy) is 1. The van der Waals surface area contributed by atoms with Crippen LogP contribution in [0.5, 0.6) is 5.75 Å². The second-order valence-electron chi connectivity index (χ2n) is 9.64. The third-order valence-corrected chi connectivity index (χ3v) is 7.27. The van der Waals surface area contributed by atoms with Crippen LogP contribution in [0.1, 0.15) is 50.4 Å². The summed E-state index contributed by atoms with van der Waals surface area (Å²) < 4.78 is 5.75. The number of nitrogens with zero attached hydrogens (tertiary/aromatic N) is 3. The Balaban J connectivity index is 1.34. The molecule has 35 heavy (non-hydrogen) atoms. The van der Waals surface area contributed by atoms with Crippen LogP contribution < -0.4 is 15.0 Å². The van der Waals surface area contributed by atoms with Crippen molar-refractivity contribution in [1.29, 1.82) is 0 Å². The molecular formula is C28H38N4O3. The Labute approximate surface area is 209 Å². The van der Waals surface area contributed by atoms with Gasteiger partial charge in [-0.15, -0.1) is 0 Å². The molecule has 188 valence electrons. The summed E-state index contributed by atoms with van der Waals surface area (Å²) in [6.45, 7) is 11.4. The topological polar surface area (TPSA) is 65.1 Å². The number of likely N-dealkylation sites (N-methyl/N-ethyl adjacent to an activating group) is 1. The maximum Gasteiger partial charge on any atom is 0.260 e. The lowest BCUT2D eigenvalue weighted by atomic mass is 9.97. The molecule has 2 fully saturated rings. The standard InChI is InChI=1S/C28H38N4O3/c1-4-30-16-18-31(19-17-30)26-11-6-5-10-25(26)29-28(34)23-12-14-24(15-13-23)35-20-27(33)32-21(2)8-7-9-22(32)3/h5-6,10-15,21-22H,4,7-9,16-20H2,1-3H3,(H,29,34). The van der Waals surface area contributed by atoms with Gasteiger partial charge in [-0.3, -0.25) is 9.59 Å². The van der Waals surface area contributed by atoms with E-state index in [9.17, 15) is 9.59 Å². The van der Waals surface area contributed by atoms with Gasteiger partial charge in [0.2, 0.25) is 0 Å². The zero-order chi connectivity index (χ0) is 24.8. The zero-order valence-corrected chi connectivity index (χ0v) is 21.2. The number of hydrogen-bond donors (Lipinski definition) is 1. The predicted octanol–water partition coefficient (Wildman–Crippen LogP) is 4.25. The van der Waals surface area contributed by atoms with Crippen LogP contribution in [0.4, 0.5) is 11.4 Å². The first-order valence-electron chi connectivity index (χ1n) is 12.9. The van der Waals surface area contributed by atoms with Crippen molar-refractivity contribution in [3.05, 3.63) is 54.1 Å². The Kier molecular flexibility index (Phi) is 8.29. The SMILES string of the molecule is CCN1CCN(c2ccccc2NC(=O)c2ccc(OCC(=O)N3C(C)CCCC3C)cc2)CC1. The van der Waals surface area contributed by atoms with Gasteiger partial charge >= 0.3 is 0 Å². The number of piperazine rings is 1. The molecule has 7 nitrogen and oxygen atoms in total. The normalized spacial score (nSPS) is 21.0. The number of amides is 2. The monoisotopic (exact) mass is 478 g/mol. The van der Waals surface area contributed by atoms with Crippen molar-refractivity contribution >= 4 is 23.2 Å². The highest BCUT2D eigenvalue weighted by atomic mass is 16.5. The summed E-state index contributed by atoms with van der Waals surface area (Å²) in [5.74, 6) is 0.438. The number of para-hydroxylation sites is 2. The van der Waals surface area contributed by atoms with Crippen LogP contribution >= 0.6 is 0 Å². The average molecular weight is 479 g/mol. The van der Waals surface area contributed by atoms with E-state index < -0.39 is 0 Å². The van der Waals surface area contributed by atoms with Crippen molar-refractivity contribution in [2.24, 2.45) is 0 Å². The second-order valence-corrected chi connectivity index (χ2v) is 9.64. The molecule has 2 amide bonds. The van der Waals surface area contributed by atoms with Gasteiger partial charge in [-0.2, -0.15) is 0 Å². The first kappa shape index (κ1) is 25.0. The van der Waals surface area contributed by atoms with Crippen LogP contribution in [-0.4, -0.2) is 73.0 Å². The quantitative estimate of drug-likeness (QED) is 0.645. The lowest BCUT2D eigenvalue weighted by Crippen LogP contribution is -2.49. The number of carbonyl (C=O) groups is 2. The molecule has 2 aliphatic rings. The number of anilines is 2. The molecule has 4 rings (SSSR count). The Morgan fingerprint density at radius 1 is 0.943 bits per heavy atom. The summed E-state index contributed by atoms with van der Waals surface area (Å²) in [6, 6.07) is 15.4. The summed E-state index contributed by atoms with van der Waals surface area (Å²) in [5.41, 5.74) is 2.42. The third-order valence-electron chi connectivity index (χ3n) is 7.27.